The van der Waals surface area contributed by atoms with Gasteiger partial charge in [0, 0.05) is 6.42 Å². The largest absolute Gasteiger partial charge is 0.330 e. The summed E-state index contributed by atoms with van der Waals surface area (Å²) in [6.45, 7) is 3.08. The molecule has 0 bridgehead atoms. The predicted molar refractivity (Wildman–Crippen MR) is 61.2 cm³/mol. The third-order valence-corrected chi connectivity index (χ3v) is 2.83. The summed E-state index contributed by atoms with van der Waals surface area (Å²) in [7, 11) is 0. The topological polar surface area (TPSA) is 43.1 Å². The van der Waals surface area contributed by atoms with Crippen LogP contribution in [0.25, 0.3) is 0 Å². The normalized spacial score (nSPS) is 12.7. The first-order valence-corrected chi connectivity index (χ1v) is 5.98. The van der Waals surface area contributed by atoms with Crippen molar-refractivity contribution in [2.24, 2.45) is 11.7 Å². The zero-order valence-electron chi connectivity index (χ0n) is 9.50. The van der Waals surface area contributed by atoms with Crippen LogP contribution in [0.5, 0.6) is 0 Å². The van der Waals surface area contributed by atoms with Crippen molar-refractivity contribution >= 4 is 6.29 Å². The minimum absolute atomic E-state index is 0.735. The van der Waals surface area contributed by atoms with Gasteiger partial charge in [-0.2, -0.15) is 0 Å². The van der Waals surface area contributed by atoms with E-state index in [-0.39, 0.29) is 0 Å². The van der Waals surface area contributed by atoms with Gasteiger partial charge < -0.3 is 10.5 Å². The Morgan fingerprint density at radius 1 is 1.14 bits per heavy atom. The molecule has 0 rings (SSSR count). The van der Waals surface area contributed by atoms with Gasteiger partial charge in [-0.15, -0.1) is 0 Å². The van der Waals surface area contributed by atoms with Crippen molar-refractivity contribution < 1.29 is 4.79 Å². The Morgan fingerprint density at radius 3 is 2.29 bits per heavy atom. The molecule has 84 valence electrons. The third-order valence-electron chi connectivity index (χ3n) is 2.83. The van der Waals surface area contributed by atoms with Crippen LogP contribution in [0.2, 0.25) is 0 Å². The fraction of sp³-hybridized carbons (Fsp3) is 0.917. The lowest BCUT2D eigenvalue weighted by Crippen LogP contribution is -2.03. The molecular formula is C12H25NO. The molecule has 2 heteroatoms. The van der Waals surface area contributed by atoms with Crippen LogP contribution in [0.3, 0.4) is 0 Å². The molecule has 0 amide bonds. The van der Waals surface area contributed by atoms with E-state index >= 15 is 0 Å². The molecule has 0 aromatic rings. The molecule has 0 saturated carbocycles. The average Bonchev–Trinajstić information content (AvgIpc) is 2.22. The Morgan fingerprint density at radius 2 is 1.79 bits per heavy atom. The smallest absolute Gasteiger partial charge is 0.119 e. The van der Waals surface area contributed by atoms with E-state index in [0.29, 0.717) is 0 Å². The third kappa shape index (κ3) is 8.24. The average molecular weight is 199 g/mol. The molecule has 0 heterocycles. The Bertz CT molecular complexity index is 125. The van der Waals surface area contributed by atoms with Crippen LogP contribution < -0.4 is 5.73 Å². The lowest BCUT2D eigenvalue weighted by Gasteiger charge is -2.13. The van der Waals surface area contributed by atoms with Crippen LogP contribution in [-0.4, -0.2) is 12.8 Å². The highest BCUT2D eigenvalue weighted by Crippen LogP contribution is 2.19. The van der Waals surface area contributed by atoms with Gasteiger partial charge in [-0.1, -0.05) is 39.0 Å². The summed E-state index contributed by atoms with van der Waals surface area (Å²) in [4.78, 5) is 10.1. The molecule has 0 aliphatic rings. The first kappa shape index (κ1) is 13.6. The van der Waals surface area contributed by atoms with Crippen LogP contribution in [0.1, 0.15) is 58.3 Å². The Balaban J connectivity index is 3.33. The van der Waals surface area contributed by atoms with Crippen LogP contribution in [0, 0.1) is 5.92 Å². The van der Waals surface area contributed by atoms with Crippen molar-refractivity contribution in [3.05, 3.63) is 0 Å². The van der Waals surface area contributed by atoms with Gasteiger partial charge in [0.05, 0.1) is 0 Å². The first-order chi connectivity index (χ1) is 6.85. The standard InChI is InChI=1S/C12H25NO/c1-2-12(9-5-6-10-13)8-4-3-7-11-14/h11-12H,2-10,13H2,1H3. The monoisotopic (exact) mass is 199 g/mol. The molecule has 0 aromatic heterocycles. The lowest BCUT2D eigenvalue weighted by molar-refractivity contribution is -0.107. The van der Waals surface area contributed by atoms with Crippen LogP contribution >= 0.6 is 0 Å². The molecule has 2 N–H and O–H groups in total. The minimum atomic E-state index is 0.735. The van der Waals surface area contributed by atoms with E-state index in [1.807, 2.05) is 0 Å². The Kier molecular flexibility index (Phi) is 10.4. The molecule has 1 unspecified atom stereocenters. The SMILES string of the molecule is CCC(CCCCN)CCCCC=O. The molecule has 0 aliphatic heterocycles. The molecule has 14 heavy (non-hydrogen) atoms. The van der Waals surface area contributed by atoms with Crippen molar-refractivity contribution in [2.75, 3.05) is 6.54 Å². The van der Waals surface area contributed by atoms with E-state index < -0.39 is 0 Å². The summed E-state index contributed by atoms with van der Waals surface area (Å²) < 4.78 is 0. The number of nitrogens with two attached hydrogens (primary N) is 1. The fourth-order valence-electron chi connectivity index (χ4n) is 1.79. The second-order valence-corrected chi connectivity index (χ2v) is 4.01. The Hall–Kier alpha value is -0.370. The maximum atomic E-state index is 10.1. The number of hydrogen-bond acceptors (Lipinski definition) is 2. The number of rotatable bonds is 10. The fourth-order valence-corrected chi connectivity index (χ4v) is 1.79. The van der Waals surface area contributed by atoms with Gasteiger partial charge in [0.25, 0.3) is 0 Å². The van der Waals surface area contributed by atoms with Crippen molar-refractivity contribution in [1.29, 1.82) is 0 Å². The summed E-state index contributed by atoms with van der Waals surface area (Å²) in [5.41, 5.74) is 5.46. The maximum absolute atomic E-state index is 10.1. The van der Waals surface area contributed by atoms with E-state index in [0.717, 1.165) is 38.0 Å². The molecule has 0 aromatic carbocycles. The number of hydrogen-bond donors (Lipinski definition) is 1. The molecule has 0 radical (unpaired) electrons. The summed E-state index contributed by atoms with van der Waals surface area (Å²) in [5, 5.41) is 0. The highest BCUT2D eigenvalue weighted by molar-refractivity contribution is 5.48. The van der Waals surface area contributed by atoms with Gasteiger partial charge in [0.15, 0.2) is 0 Å². The summed E-state index contributed by atoms with van der Waals surface area (Å²) in [6, 6.07) is 0. The molecule has 0 aliphatic carbocycles. The van der Waals surface area contributed by atoms with Gasteiger partial charge in [-0.25, -0.2) is 0 Å². The van der Waals surface area contributed by atoms with Gasteiger partial charge in [-0.05, 0) is 25.3 Å². The number of carbonyl (C=O) groups excluding carboxylic acids is 1. The number of unbranched alkanes of at least 4 members (excludes halogenated alkanes) is 3. The molecular weight excluding hydrogens is 174 g/mol. The number of carbonyl (C=O) groups is 1. The van der Waals surface area contributed by atoms with Crippen LogP contribution in [-0.2, 0) is 4.79 Å². The molecule has 1 atom stereocenters. The van der Waals surface area contributed by atoms with E-state index in [4.69, 9.17) is 5.73 Å². The quantitative estimate of drug-likeness (QED) is 0.434. The Labute approximate surface area is 88.3 Å². The molecule has 0 spiro atoms. The zero-order valence-corrected chi connectivity index (χ0v) is 9.50. The van der Waals surface area contributed by atoms with E-state index in [1.54, 1.807) is 0 Å². The zero-order chi connectivity index (χ0) is 10.6. The van der Waals surface area contributed by atoms with Gasteiger partial charge >= 0.3 is 0 Å². The summed E-state index contributed by atoms with van der Waals surface area (Å²) in [5.74, 6) is 0.855. The van der Waals surface area contributed by atoms with Gasteiger partial charge in [0.2, 0.25) is 0 Å². The van der Waals surface area contributed by atoms with Crippen LogP contribution in [0.15, 0.2) is 0 Å². The molecule has 0 fully saturated rings. The summed E-state index contributed by atoms with van der Waals surface area (Å²) in [6.07, 6.45) is 10.3. The second-order valence-electron chi connectivity index (χ2n) is 4.01. The van der Waals surface area contributed by atoms with Crippen molar-refractivity contribution in [3.63, 3.8) is 0 Å². The highest BCUT2D eigenvalue weighted by atomic mass is 16.1. The van der Waals surface area contributed by atoms with Gasteiger partial charge in [0.1, 0.15) is 6.29 Å². The van der Waals surface area contributed by atoms with Gasteiger partial charge in [-0.3, -0.25) is 0 Å². The first-order valence-electron chi connectivity index (χ1n) is 5.98. The minimum Gasteiger partial charge on any atom is -0.330 e. The van der Waals surface area contributed by atoms with Crippen molar-refractivity contribution in [1.82, 2.24) is 0 Å². The van der Waals surface area contributed by atoms with Crippen molar-refractivity contribution in [2.45, 2.75) is 58.3 Å². The highest BCUT2D eigenvalue weighted by Gasteiger charge is 2.05. The van der Waals surface area contributed by atoms with E-state index in [9.17, 15) is 4.79 Å². The maximum Gasteiger partial charge on any atom is 0.119 e. The predicted octanol–water partition coefficient (Wildman–Crippen LogP) is 2.90. The van der Waals surface area contributed by atoms with Crippen LogP contribution in [0.4, 0.5) is 0 Å². The van der Waals surface area contributed by atoms with Crippen molar-refractivity contribution in [3.8, 4) is 0 Å². The van der Waals surface area contributed by atoms with E-state index in [2.05, 4.69) is 6.92 Å². The number of aldehydes is 1. The second kappa shape index (κ2) is 10.7. The lowest BCUT2D eigenvalue weighted by atomic mass is 9.93. The summed E-state index contributed by atoms with van der Waals surface area (Å²) >= 11 is 0. The molecule has 0 saturated heterocycles. The molecule has 2 nitrogen and oxygen atoms in total. The van der Waals surface area contributed by atoms with E-state index in [1.165, 1.54) is 32.1 Å².